The van der Waals surface area contributed by atoms with Crippen molar-refractivity contribution in [3.05, 3.63) is 12.5 Å². The zero-order chi connectivity index (χ0) is 16.0. The van der Waals surface area contributed by atoms with E-state index in [0.717, 1.165) is 24.1 Å². The summed E-state index contributed by atoms with van der Waals surface area (Å²) in [5.74, 6) is 3.98. The molecule has 0 saturated heterocycles. The van der Waals surface area contributed by atoms with Crippen LogP contribution in [-0.2, 0) is 0 Å². The molecule has 0 radical (unpaired) electrons. The van der Waals surface area contributed by atoms with Gasteiger partial charge in [-0.25, -0.2) is 9.98 Å². The summed E-state index contributed by atoms with van der Waals surface area (Å²) in [6, 6.07) is 0. The first-order chi connectivity index (χ1) is 11.1. The topological polar surface area (TPSA) is 50.4 Å². The highest BCUT2D eigenvalue weighted by Crippen LogP contribution is 2.53. The first-order valence-electron chi connectivity index (χ1n) is 9.22. The van der Waals surface area contributed by atoms with Crippen molar-refractivity contribution in [3.63, 3.8) is 0 Å². The molecule has 0 aromatic carbocycles. The number of hydrogen-bond donors (Lipinski definition) is 2. The van der Waals surface area contributed by atoms with Gasteiger partial charge in [-0.2, -0.15) is 0 Å². The van der Waals surface area contributed by atoms with Crippen molar-refractivity contribution in [3.8, 4) is 0 Å². The van der Waals surface area contributed by atoms with Crippen molar-refractivity contribution in [2.24, 2.45) is 28.7 Å². The van der Waals surface area contributed by atoms with Gasteiger partial charge in [-0.15, -0.1) is 11.1 Å². The van der Waals surface area contributed by atoms with Gasteiger partial charge >= 0.3 is 0 Å². The number of aliphatic imine (C=N–C) groups is 1. The molecular formula is C18H29N3OS. The summed E-state index contributed by atoms with van der Waals surface area (Å²) in [4.78, 5) is 9.02. The molecule has 0 bridgehead atoms. The maximum atomic E-state index is 11.0. The van der Waals surface area contributed by atoms with Gasteiger partial charge in [0, 0.05) is 5.92 Å². The van der Waals surface area contributed by atoms with Crippen molar-refractivity contribution in [2.45, 2.75) is 64.2 Å². The average molecular weight is 336 g/mol. The summed E-state index contributed by atoms with van der Waals surface area (Å²) in [5, 5.41) is 12.3. The maximum Gasteiger partial charge on any atom is 0.162 e. The molecule has 0 amide bonds. The van der Waals surface area contributed by atoms with Crippen LogP contribution in [0, 0.1) is 23.7 Å². The van der Waals surface area contributed by atoms with Gasteiger partial charge in [-0.1, -0.05) is 26.7 Å². The number of aliphatic hydroxyl groups excluding tert-OH is 1. The molecule has 4 nitrogen and oxygen atoms in total. The van der Waals surface area contributed by atoms with Gasteiger partial charge in [0.1, 0.15) is 11.8 Å². The molecule has 1 N–H and O–H groups in total. The van der Waals surface area contributed by atoms with E-state index in [1.807, 2.05) is 12.5 Å². The number of nitrogens with zero attached hydrogens (tertiary/aromatic N) is 3. The largest absolute Gasteiger partial charge is 0.382 e. The van der Waals surface area contributed by atoms with Gasteiger partial charge in [0.15, 0.2) is 5.82 Å². The second-order valence-corrected chi connectivity index (χ2v) is 10.1. The second-order valence-electron chi connectivity index (χ2n) is 7.93. The molecule has 128 valence electrons. The van der Waals surface area contributed by atoms with Crippen molar-refractivity contribution in [1.82, 2.24) is 8.96 Å². The van der Waals surface area contributed by atoms with Gasteiger partial charge in [-0.3, -0.25) is 3.97 Å². The van der Waals surface area contributed by atoms with Crippen LogP contribution in [0.2, 0.25) is 0 Å². The normalized spacial score (nSPS) is 33.6. The number of rotatable bonds is 5. The lowest BCUT2D eigenvalue weighted by atomic mass is 9.76. The summed E-state index contributed by atoms with van der Waals surface area (Å²) in [6.07, 6.45) is 12.4. The molecule has 3 aliphatic rings. The van der Waals surface area contributed by atoms with Crippen LogP contribution in [0.25, 0.3) is 0 Å². The van der Waals surface area contributed by atoms with Crippen molar-refractivity contribution < 1.29 is 5.11 Å². The molecule has 2 saturated carbocycles. The van der Waals surface area contributed by atoms with E-state index < -0.39 is 11.1 Å². The first-order valence-corrected chi connectivity index (χ1v) is 10.6. The molecule has 5 heteroatoms. The van der Waals surface area contributed by atoms with E-state index in [4.69, 9.17) is 4.99 Å². The predicted molar refractivity (Wildman–Crippen MR) is 97.3 cm³/mol. The Morgan fingerprint density at radius 1 is 1.22 bits per heavy atom. The number of imidazole rings is 1. The zero-order valence-corrected chi connectivity index (χ0v) is 15.1. The molecule has 2 fully saturated rings. The fourth-order valence-corrected chi connectivity index (χ4v) is 6.85. The SMILES string of the molecule is CC(C)C1CCC(CC(O)[SH]2C(C3CC3)=Nc3cncn32)CC1. The molecule has 1 aromatic rings. The summed E-state index contributed by atoms with van der Waals surface area (Å²) >= 11 is -0.714. The third-order valence-corrected chi connectivity index (χ3v) is 8.38. The van der Waals surface area contributed by atoms with Crippen molar-refractivity contribution in [1.29, 1.82) is 0 Å². The lowest BCUT2D eigenvalue weighted by Gasteiger charge is -2.34. The minimum Gasteiger partial charge on any atom is -0.382 e. The highest BCUT2D eigenvalue weighted by molar-refractivity contribution is 8.29. The van der Waals surface area contributed by atoms with Crippen LogP contribution in [0.3, 0.4) is 0 Å². The number of thiol groups is 1. The lowest BCUT2D eigenvalue weighted by molar-refractivity contribution is 0.168. The highest BCUT2D eigenvalue weighted by Gasteiger charge is 2.39. The summed E-state index contributed by atoms with van der Waals surface area (Å²) in [7, 11) is 0. The Hall–Kier alpha value is -0.810. The van der Waals surface area contributed by atoms with E-state index in [9.17, 15) is 5.11 Å². The van der Waals surface area contributed by atoms with Crippen LogP contribution < -0.4 is 0 Å². The Bertz CT molecular complexity index is 585. The Labute approximate surface area is 141 Å². The van der Waals surface area contributed by atoms with Crippen LogP contribution in [0.5, 0.6) is 0 Å². The van der Waals surface area contributed by atoms with E-state index in [1.165, 1.54) is 43.6 Å². The Morgan fingerprint density at radius 2 is 1.96 bits per heavy atom. The van der Waals surface area contributed by atoms with E-state index in [1.54, 1.807) is 0 Å². The van der Waals surface area contributed by atoms with E-state index in [0.29, 0.717) is 11.8 Å². The fourth-order valence-electron chi connectivity index (χ4n) is 4.21. The van der Waals surface area contributed by atoms with Crippen LogP contribution in [-0.4, -0.2) is 24.5 Å². The highest BCUT2D eigenvalue weighted by atomic mass is 32.2. The molecule has 4 rings (SSSR count). The standard InChI is InChI=1S/C18H29N3OS/c1-12(2)14-5-3-13(4-6-14)9-17(22)23-18(15-7-8-15)20-16-10-19-11-21(16)23/h10-15,17,22-23H,3-9H2,1-2H3. The van der Waals surface area contributed by atoms with Crippen molar-refractivity contribution in [2.75, 3.05) is 0 Å². The van der Waals surface area contributed by atoms with E-state index in [-0.39, 0.29) is 5.44 Å². The third kappa shape index (κ3) is 3.10. The third-order valence-electron chi connectivity index (χ3n) is 5.90. The quantitative estimate of drug-likeness (QED) is 0.789. The lowest BCUT2D eigenvalue weighted by Crippen LogP contribution is -2.24. The van der Waals surface area contributed by atoms with Crippen LogP contribution in [0.1, 0.15) is 58.8 Å². The average Bonchev–Trinajstić information content (AvgIpc) is 3.16. The van der Waals surface area contributed by atoms with Gasteiger partial charge < -0.3 is 5.11 Å². The van der Waals surface area contributed by atoms with Crippen LogP contribution in [0.4, 0.5) is 5.82 Å². The summed E-state index contributed by atoms with van der Waals surface area (Å²) < 4.78 is 2.16. The van der Waals surface area contributed by atoms with Gasteiger partial charge in [0.05, 0.1) is 11.2 Å². The molecule has 1 aliphatic heterocycles. The molecule has 2 atom stereocenters. The number of hydrogen-bond acceptors (Lipinski definition) is 3. The smallest absolute Gasteiger partial charge is 0.162 e. The minimum absolute atomic E-state index is 0.250. The number of fused-ring (bicyclic) bond motifs is 1. The van der Waals surface area contributed by atoms with Crippen molar-refractivity contribution >= 4 is 21.9 Å². The second kappa shape index (κ2) is 6.25. The molecule has 2 heterocycles. The minimum atomic E-state index is -0.714. The predicted octanol–water partition coefficient (Wildman–Crippen LogP) is 4.27. The summed E-state index contributed by atoms with van der Waals surface area (Å²) in [6.45, 7) is 4.70. The van der Waals surface area contributed by atoms with E-state index >= 15 is 0 Å². The molecule has 2 aliphatic carbocycles. The fraction of sp³-hybridized carbons (Fsp3) is 0.778. The molecule has 1 aromatic heterocycles. The first kappa shape index (κ1) is 15.7. The van der Waals surface area contributed by atoms with E-state index in [2.05, 4.69) is 22.8 Å². The number of aromatic nitrogens is 2. The Kier molecular flexibility index (Phi) is 4.26. The zero-order valence-electron chi connectivity index (χ0n) is 14.2. The Balaban J connectivity index is 1.41. The Morgan fingerprint density at radius 3 is 2.61 bits per heavy atom. The van der Waals surface area contributed by atoms with Crippen LogP contribution >= 0.6 is 11.1 Å². The van der Waals surface area contributed by atoms with Gasteiger partial charge in [-0.05, 0) is 49.9 Å². The monoisotopic (exact) mass is 335 g/mol. The van der Waals surface area contributed by atoms with Gasteiger partial charge in [0.2, 0.25) is 0 Å². The number of aliphatic hydroxyl groups is 1. The molecule has 0 spiro atoms. The molecule has 2 unspecified atom stereocenters. The summed E-state index contributed by atoms with van der Waals surface area (Å²) in [5.41, 5.74) is -0.250. The maximum absolute atomic E-state index is 11.0. The van der Waals surface area contributed by atoms with Crippen LogP contribution in [0.15, 0.2) is 17.5 Å². The molecular weight excluding hydrogens is 306 g/mol. The molecule has 23 heavy (non-hydrogen) atoms. The van der Waals surface area contributed by atoms with Gasteiger partial charge in [0.25, 0.3) is 0 Å².